The standard InChI is InChI=1S/C26H19NO2S/c1-16(2)24-19-10-6-7-11-20(19)25(28)21(24)14-18-15-22-26(29-18)27-23(30-22)13-12-17-8-4-3-5-9-17/h3-15H,1-2H3/b13-12+,21-14-. The van der Waals surface area contributed by atoms with Crippen LogP contribution in [0, 0.1) is 0 Å². The van der Waals surface area contributed by atoms with Crippen LogP contribution < -0.4 is 0 Å². The number of fused-ring (bicyclic) bond motifs is 2. The molecule has 4 aromatic rings. The van der Waals surface area contributed by atoms with Crippen LogP contribution in [0.2, 0.25) is 0 Å². The third-order valence-corrected chi connectivity index (χ3v) is 6.03. The summed E-state index contributed by atoms with van der Waals surface area (Å²) < 4.78 is 6.92. The summed E-state index contributed by atoms with van der Waals surface area (Å²) in [7, 11) is 0. The lowest BCUT2D eigenvalue weighted by molar-refractivity contribution is 0.104. The van der Waals surface area contributed by atoms with Gasteiger partial charge in [-0.15, -0.1) is 11.3 Å². The molecule has 2 aromatic heterocycles. The second-order valence-electron chi connectivity index (χ2n) is 7.42. The lowest BCUT2D eigenvalue weighted by Crippen LogP contribution is -1.95. The van der Waals surface area contributed by atoms with Gasteiger partial charge in [0.05, 0.1) is 4.70 Å². The van der Waals surface area contributed by atoms with Gasteiger partial charge in [-0.05, 0) is 42.7 Å². The van der Waals surface area contributed by atoms with Gasteiger partial charge in [0.15, 0.2) is 5.78 Å². The number of furan rings is 1. The molecule has 1 aliphatic rings. The number of rotatable bonds is 3. The Hall–Kier alpha value is -3.50. The number of ketones is 1. The highest BCUT2D eigenvalue weighted by Gasteiger charge is 2.30. The first-order valence-electron chi connectivity index (χ1n) is 9.77. The number of carbonyl (C=O) groups excluding carboxylic acids is 1. The molecule has 5 rings (SSSR count). The molecule has 0 radical (unpaired) electrons. The summed E-state index contributed by atoms with van der Waals surface area (Å²) >= 11 is 1.57. The topological polar surface area (TPSA) is 43.1 Å². The van der Waals surface area contributed by atoms with E-state index < -0.39 is 0 Å². The van der Waals surface area contributed by atoms with Crippen molar-refractivity contribution in [2.45, 2.75) is 13.8 Å². The van der Waals surface area contributed by atoms with E-state index in [9.17, 15) is 4.79 Å². The number of carbonyl (C=O) groups is 1. The maximum atomic E-state index is 13.0. The van der Waals surface area contributed by atoms with E-state index in [0.29, 0.717) is 17.0 Å². The molecule has 0 N–H and O–H groups in total. The molecular weight excluding hydrogens is 390 g/mol. The largest absolute Gasteiger partial charge is 0.437 e. The van der Waals surface area contributed by atoms with E-state index >= 15 is 0 Å². The van der Waals surface area contributed by atoms with E-state index in [1.165, 1.54) is 0 Å². The minimum Gasteiger partial charge on any atom is -0.437 e. The van der Waals surface area contributed by atoms with Gasteiger partial charge in [0.25, 0.3) is 0 Å². The Morgan fingerprint density at radius 1 is 0.967 bits per heavy atom. The van der Waals surface area contributed by atoms with Crippen LogP contribution >= 0.6 is 11.3 Å². The van der Waals surface area contributed by atoms with E-state index in [1.54, 1.807) is 11.3 Å². The van der Waals surface area contributed by atoms with E-state index in [4.69, 9.17) is 4.42 Å². The molecule has 0 bridgehead atoms. The SMILES string of the molecule is CC(C)=C1/C(=C/c2cc3sc(/C=C/c4ccccc4)nc3o2)C(=O)c2ccccc21. The molecule has 0 unspecified atom stereocenters. The van der Waals surface area contributed by atoms with Gasteiger partial charge in [-0.1, -0.05) is 66.2 Å². The Labute approximate surface area is 178 Å². The van der Waals surface area contributed by atoms with Crippen molar-refractivity contribution in [3.05, 3.63) is 99.3 Å². The van der Waals surface area contributed by atoms with Crippen molar-refractivity contribution in [3.63, 3.8) is 0 Å². The van der Waals surface area contributed by atoms with E-state index in [0.717, 1.165) is 37.5 Å². The number of hydrogen-bond acceptors (Lipinski definition) is 4. The zero-order valence-electron chi connectivity index (χ0n) is 16.7. The minimum atomic E-state index is 0.0426. The van der Waals surface area contributed by atoms with Crippen LogP contribution in [0.5, 0.6) is 0 Å². The number of hydrogen-bond donors (Lipinski definition) is 0. The molecule has 0 fully saturated rings. The molecule has 0 saturated carbocycles. The summed E-state index contributed by atoms with van der Waals surface area (Å²) in [5, 5.41) is 0.890. The molecule has 0 aliphatic heterocycles. The fraction of sp³-hybridized carbons (Fsp3) is 0.0769. The zero-order valence-corrected chi connectivity index (χ0v) is 17.5. The van der Waals surface area contributed by atoms with Gasteiger partial charge in [0.2, 0.25) is 5.71 Å². The van der Waals surface area contributed by atoms with Gasteiger partial charge in [-0.2, -0.15) is 0 Å². The molecular formula is C26H19NO2S. The number of aromatic nitrogens is 1. The summed E-state index contributed by atoms with van der Waals surface area (Å²) in [6.07, 6.45) is 5.88. The Morgan fingerprint density at radius 2 is 1.70 bits per heavy atom. The Bertz CT molecular complexity index is 1330. The fourth-order valence-electron chi connectivity index (χ4n) is 3.76. The van der Waals surface area contributed by atoms with Crippen molar-refractivity contribution < 1.29 is 9.21 Å². The van der Waals surface area contributed by atoms with Crippen molar-refractivity contribution in [1.29, 1.82) is 0 Å². The first kappa shape index (κ1) is 18.5. The van der Waals surface area contributed by atoms with Crippen molar-refractivity contribution >= 4 is 51.3 Å². The summed E-state index contributed by atoms with van der Waals surface area (Å²) in [4.78, 5) is 17.6. The number of benzene rings is 2. The molecule has 0 amide bonds. The average Bonchev–Trinajstić information content (AvgIpc) is 3.38. The number of Topliss-reactive ketones (excluding diaryl/α,β-unsaturated/α-hetero) is 1. The second-order valence-corrected chi connectivity index (χ2v) is 8.48. The predicted octanol–water partition coefficient (Wildman–Crippen LogP) is 7.13. The third-order valence-electron chi connectivity index (χ3n) is 5.08. The van der Waals surface area contributed by atoms with Crippen LogP contribution in [-0.4, -0.2) is 10.8 Å². The number of thiazole rings is 1. The predicted molar refractivity (Wildman–Crippen MR) is 124 cm³/mol. The monoisotopic (exact) mass is 409 g/mol. The average molecular weight is 410 g/mol. The fourth-order valence-corrected chi connectivity index (χ4v) is 4.60. The number of allylic oxidation sites excluding steroid dienone is 3. The molecule has 2 aromatic carbocycles. The third kappa shape index (κ3) is 3.25. The summed E-state index contributed by atoms with van der Waals surface area (Å²) in [6.45, 7) is 4.07. The molecule has 0 spiro atoms. The maximum absolute atomic E-state index is 13.0. The van der Waals surface area contributed by atoms with E-state index in [1.807, 2.05) is 80.6 Å². The Morgan fingerprint density at radius 3 is 2.43 bits per heavy atom. The maximum Gasteiger partial charge on any atom is 0.238 e. The smallest absolute Gasteiger partial charge is 0.238 e. The molecule has 0 saturated heterocycles. The van der Waals surface area contributed by atoms with Gasteiger partial charge >= 0.3 is 0 Å². The summed E-state index contributed by atoms with van der Waals surface area (Å²) in [5.41, 5.74) is 6.26. The van der Waals surface area contributed by atoms with Crippen LogP contribution in [0.1, 0.15) is 46.1 Å². The summed E-state index contributed by atoms with van der Waals surface area (Å²) in [5.74, 6) is 0.693. The Balaban J connectivity index is 1.48. The molecule has 30 heavy (non-hydrogen) atoms. The van der Waals surface area contributed by atoms with E-state index in [2.05, 4.69) is 17.1 Å². The van der Waals surface area contributed by atoms with Crippen LogP contribution in [0.25, 0.3) is 34.2 Å². The van der Waals surface area contributed by atoms with Crippen molar-refractivity contribution in [2.24, 2.45) is 0 Å². The van der Waals surface area contributed by atoms with Crippen LogP contribution in [-0.2, 0) is 0 Å². The lowest BCUT2D eigenvalue weighted by atomic mass is 10.00. The second kappa shape index (κ2) is 7.39. The number of nitrogens with zero attached hydrogens (tertiary/aromatic N) is 1. The highest BCUT2D eigenvalue weighted by molar-refractivity contribution is 7.19. The van der Waals surface area contributed by atoms with Crippen molar-refractivity contribution in [3.8, 4) is 0 Å². The van der Waals surface area contributed by atoms with Gasteiger partial charge in [-0.3, -0.25) is 4.79 Å². The molecule has 4 heteroatoms. The molecule has 0 atom stereocenters. The summed E-state index contributed by atoms with van der Waals surface area (Å²) in [6, 6.07) is 19.8. The molecule has 1 aliphatic carbocycles. The zero-order chi connectivity index (χ0) is 20.7. The van der Waals surface area contributed by atoms with Crippen molar-refractivity contribution in [2.75, 3.05) is 0 Å². The van der Waals surface area contributed by atoms with Crippen LogP contribution in [0.4, 0.5) is 0 Å². The van der Waals surface area contributed by atoms with Gasteiger partial charge in [-0.25, -0.2) is 4.98 Å². The highest BCUT2D eigenvalue weighted by atomic mass is 32.1. The minimum absolute atomic E-state index is 0.0426. The molecule has 3 nitrogen and oxygen atoms in total. The van der Waals surface area contributed by atoms with Crippen LogP contribution in [0.3, 0.4) is 0 Å². The van der Waals surface area contributed by atoms with Gasteiger partial charge < -0.3 is 4.42 Å². The highest BCUT2D eigenvalue weighted by Crippen LogP contribution is 2.40. The normalized spacial score (nSPS) is 14.9. The lowest BCUT2D eigenvalue weighted by Gasteiger charge is -2.03. The van der Waals surface area contributed by atoms with E-state index in [-0.39, 0.29) is 5.78 Å². The first-order chi connectivity index (χ1) is 14.6. The van der Waals surface area contributed by atoms with Gasteiger partial charge in [0, 0.05) is 17.2 Å². The van der Waals surface area contributed by atoms with Crippen molar-refractivity contribution in [1.82, 2.24) is 4.98 Å². The van der Waals surface area contributed by atoms with Gasteiger partial charge in [0.1, 0.15) is 10.8 Å². The molecule has 2 heterocycles. The first-order valence-corrected chi connectivity index (χ1v) is 10.6. The quantitative estimate of drug-likeness (QED) is 0.338. The Kier molecular flexibility index (Phi) is 4.57. The molecule has 146 valence electrons. The van der Waals surface area contributed by atoms with Crippen LogP contribution in [0.15, 0.2) is 76.2 Å².